The third-order valence-electron chi connectivity index (χ3n) is 2.96. The van der Waals surface area contributed by atoms with Crippen LogP contribution in [0.25, 0.3) is 0 Å². The van der Waals surface area contributed by atoms with Crippen LogP contribution in [0.2, 0.25) is 0 Å². The predicted octanol–water partition coefficient (Wildman–Crippen LogP) is 1.09. The summed E-state index contributed by atoms with van der Waals surface area (Å²) in [6.45, 7) is 2.84. The zero-order valence-corrected chi connectivity index (χ0v) is 9.47. The zero-order valence-electron chi connectivity index (χ0n) is 9.47. The Kier molecular flexibility index (Phi) is 3.19. The fourth-order valence-electron chi connectivity index (χ4n) is 2.30. The minimum atomic E-state index is -0.108. The minimum absolute atomic E-state index is 0.00106. The Labute approximate surface area is 95.5 Å². The lowest BCUT2D eigenvalue weighted by molar-refractivity contribution is -0.129. The molecule has 1 aliphatic rings. The summed E-state index contributed by atoms with van der Waals surface area (Å²) in [7, 11) is 0. The summed E-state index contributed by atoms with van der Waals surface area (Å²) >= 11 is 0. The van der Waals surface area contributed by atoms with Crippen molar-refractivity contribution in [3.8, 4) is 0 Å². The number of hydrogen-bond acceptors (Lipinski definition) is 3. The second kappa shape index (κ2) is 4.61. The van der Waals surface area contributed by atoms with Crippen LogP contribution in [-0.2, 0) is 4.79 Å². The Bertz CT molecular complexity index is 366. The van der Waals surface area contributed by atoms with E-state index in [-0.39, 0.29) is 18.0 Å². The molecule has 1 amide bonds. The molecule has 1 fully saturated rings. The van der Waals surface area contributed by atoms with Crippen molar-refractivity contribution in [3.05, 3.63) is 30.1 Å². The predicted molar refractivity (Wildman–Crippen MR) is 61.6 cm³/mol. The fourth-order valence-corrected chi connectivity index (χ4v) is 2.30. The molecule has 1 saturated heterocycles. The molecule has 0 radical (unpaired) electrons. The van der Waals surface area contributed by atoms with Crippen molar-refractivity contribution in [2.24, 2.45) is 5.73 Å². The minimum Gasteiger partial charge on any atom is -0.334 e. The first-order valence-corrected chi connectivity index (χ1v) is 5.69. The lowest BCUT2D eigenvalue weighted by Gasteiger charge is -2.26. The molecule has 86 valence electrons. The van der Waals surface area contributed by atoms with Crippen molar-refractivity contribution in [1.82, 2.24) is 9.88 Å². The molecule has 0 spiro atoms. The Morgan fingerprint density at radius 3 is 3.06 bits per heavy atom. The van der Waals surface area contributed by atoms with E-state index in [2.05, 4.69) is 11.9 Å². The van der Waals surface area contributed by atoms with Crippen LogP contribution >= 0.6 is 0 Å². The first kappa shape index (κ1) is 11.1. The molecule has 0 bridgehead atoms. The molecule has 1 aromatic heterocycles. The van der Waals surface area contributed by atoms with Gasteiger partial charge in [0, 0.05) is 31.4 Å². The van der Waals surface area contributed by atoms with Gasteiger partial charge in [0.05, 0.1) is 6.04 Å². The highest BCUT2D eigenvalue weighted by molar-refractivity contribution is 5.80. The van der Waals surface area contributed by atoms with Crippen LogP contribution in [-0.4, -0.2) is 28.4 Å². The van der Waals surface area contributed by atoms with Gasteiger partial charge >= 0.3 is 0 Å². The van der Waals surface area contributed by atoms with Gasteiger partial charge in [0.25, 0.3) is 0 Å². The first-order chi connectivity index (χ1) is 7.74. The van der Waals surface area contributed by atoms with Crippen molar-refractivity contribution in [2.45, 2.75) is 31.8 Å². The van der Waals surface area contributed by atoms with E-state index in [4.69, 9.17) is 5.73 Å². The van der Waals surface area contributed by atoms with Crippen LogP contribution in [0.5, 0.6) is 0 Å². The Balaban J connectivity index is 2.27. The molecule has 0 aromatic carbocycles. The van der Waals surface area contributed by atoms with E-state index < -0.39 is 0 Å². The molecule has 2 atom stereocenters. The summed E-state index contributed by atoms with van der Waals surface area (Å²) in [6, 6.07) is 3.76. The normalized spacial score (nSPS) is 25.1. The van der Waals surface area contributed by atoms with E-state index in [0.29, 0.717) is 6.42 Å². The molecular weight excluding hydrogens is 202 g/mol. The number of nitrogens with zero attached hydrogens (tertiary/aromatic N) is 2. The molecule has 2 N–H and O–H groups in total. The SMILES string of the molecule is CCCN1C(=O)CC(N)C1c1cccnc1. The Hall–Kier alpha value is -1.42. The summed E-state index contributed by atoms with van der Waals surface area (Å²) in [4.78, 5) is 17.8. The van der Waals surface area contributed by atoms with E-state index in [1.165, 1.54) is 0 Å². The van der Waals surface area contributed by atoms with Crippen molar-refractivity contribution in [3.63, 3.8) is 0 Å². The van der Waals surface area contributed by atoms with Gasteiger partial charge in [-0.25, -0.2) is 0 Å². The van der Waals surface area contributed by atoms with Gasteiger partial charge in [-0.15, -0.1) is 0 Å². The average molecular weight is 219 g/mol. The van der Waals surface area contributed by atoms with Crippen molar-refractivity contribution in [1.29, 1.82) is 0 Å². The number of nitrogens with two attached hydrogens (primary N) is 1. The maximum absolute atomic E-state index is 11.8. The number of likely N-dealkylation sites (tertiary alicyclic amines) is 1. The lowest BCUT2D eigenvalue weighted by Crippen LogP contribution is -2.33. The number of rotatable bonds is 3. The summed E-state index contributed by atoms with van der Waals surface area (Å²) in [5.74, 6) is 0.156. The molecule has 2 rings (SSSR count). The second-order valence-corrected chi connectivity index (χ2v) is 4.19. The van der Waals surface area contributed by atoms with Crippen molar-refractivity contribution in [2.75, 3.05) is 6.54 Å². The quantitative estimate of drug-likeness (QED) is 0.828. The Morgan fingerprint density at radius 2 is 2.44 bits per heavy atom. The Morgan fingerprint density at radius 1 is 1.62 bits per heavy atom. The summed E-state index contributed by atoms with van der Waals surface area (Å²) in [5.41, 5.74) is 7.07. The number of aromatic nitrogens is 1. The van der Waals surface area contributed by atoms with Gasteiger partial charge in [-0.3, -0.25) is 9.78 Å². The van der Waals surface area contributed by atoms with Crippen LogP contribution in [0, 0.1) is 0 Å². The van der Waals surface area contributed by atoms with Gasteiger partial charge in [0.15, 0.2) is 0 Å². The maximum atomic E-state index is 11.8. The van der Waals surface area contributed by atoms with E-state index in [0.717, 1.165) is 18.5 Å². The van der Waals surface area contributed by atoms with Crippen molar-refractivity contribution >= 4 is 5.91 Å². The molecule has 2 unspecified atom stereocenters. The summed E-state index contributed by atoms with van der Waals surface area (Å²) in [6.07, 6.45) is 4.93. The van der Waals surface area contributed by atoms with Gasteiger partial charge in [-0.2, -0.15) is 0 Å². The fraction of sp³-hybridized carbons (Fsp3) is 0.500. The van der Waals surface area contributed by atoms with Crippen LogP contribution in [0.1, 0.15) is 31.4 Å². The molecule has 4 heteroatoms. The third kappa shape index (κ3) is 1.93. The topological polar surface area (TPSA) is 59.2 Å². The highest BCUT2D eigenvalue weighted by Crippen LogP contribution is 2.31. The van der Waals surface area contributed by atoms with E-state index in [9.17, 15) is 4.79 Å². The summed E-state index contributed by atoms with van der Waals surface area (Å²) in [5, 5.41) is 0. The largest absolute Gasteiger partial charge is 0.334 e. The van der Waals surface area contributed by atoms with E-state index >= 15 is 0 Å². The number of amides is 1. The third-order valence-corrected chi connectivity index (χ3v) is 2.96. The van der Waals surface area contributed by atoms with Crippen LogP contribution in [0.15, 0.2) is 24.5 Å². The van der Waals surface area contributed by atoms with Gasteiger partial charge < -0.3 is 10.6 Å². The molecule has 4 nitrogen and oxygen atoms in total. The van der Waals surface area contributed by atoms with E-state index in [1.54, 1.807) is 12.4 Å². The van der Waals surface area contributed by atoms with Gasteiger partial charge in [-0.05, 0) is 18.1 Å². The number of hydrogen-bond donors (Lipinski definition) is 1. The second-order valence-electron chi connectivity index (χ2n) is 4.19. The average Bonchev–Trinajstić information content (AvgIpc) is 2.56. The van der Waals surface area contributed by atoms with Crippen LogP contribution in [0.3, 0.4) is 0 Å². The lowest BCUT2D eigenvalue weighted by atomic mass is 10.0. The smallest absolute Gasteiger partial charge is 0.224 e. The number of carbonyl (C=O) groups excluding carboxylic acids is 1. The molecule has 2 heterocycles. The van der Waals surface area contributed by atoms with Gasteiger partial charge in [0.2, 0.25) is 5.91 Å². The molecular formula is C12H17N3O. The molecule has 0 saturated carbocycles. The highest BCUT2D eigenvalue weighted by Gasteiger charge is 2.37. The standard InChI is InChI=1S/C12H17N3O/c1-2-6-15-11(16)7-10(13)12(15)9-4-3-5-14-8-9/h3-5,8,10,12H,2,6-7,13H2,1H3. The molecule has 1 aromatic rings. The highest BCUT2D eigenvalue weighted by atomic mass is 16.2. The monoisotopic (exact) mass is 219 g/mol. The number of carbonyl (C=O) groups is 1. The summed E-state index contributed by atoms with van der Waals surface area (Å²) < 4.78 is 0. The molecule has 1 aliphatic heterocycles. The molecule has 0 aliphatic carbocycles. The molecule has 16 heavy (non-hydrogen) atoms. The van der Waals surface area contributed by atoms with Gasteiger partial charge in [0.1, 0.15) is 0 Å². The van der Waals surface area contributed by atoms with Crippen LogP contribution < -0.4 is 5.73 Å². The zero-order chi connectivity index (χ0) is 11.5. The van der Waals surface area contributed by atoms with Gasteiger partial charge in [-0.1, -0.05) is 13.0 Å². The maximum Gasteiger partial charge on any atom is 0.224 e. The number of pyridine rings is 1. The first-order valence-electron chi connectivity index (χ1n) is 5.69. The van der Waals surface area contributed by atoms with Crippen LogP contribution in [0.4, 0.5) is 0 Å². The van der Waals surface area contributed by atoms with Crippen molar-refractivity contribution < 1.29 is 4.79 Å². The van der Waals surface area contributed by atoms with E-state index in [1.807, 2.05) is 17.0 Å².